The van der Waals surface area contributed by atoms with Gasteiger partial charge in [-0.15, -0.1) is 6.42 Å². The Morgan fingerprint density at radius 2 is 2.00 bits per heavy atom. The first-order valence-corrected chi connectivity index (χ1v) is 5.10. The molecule has 1 rings (SSSR count). The summed E-state index contributed by atoms with van der Waals surface area (Å²) in [4.78, 5) is 33.0. The molecular weight excluding hydrogens is 234 g/mol. The van der Waals surface area contributed by atoms with Gasteiger partial charge in [-0.2, -0.15) is 0 Å². The van der Waals surface area contributed by atoms with Crippen LogP contribution < -0.4 is 5.32 Å². The van der Waals surface area contributed by atoms with Crippen molar-refractivity contribution in [2.75, 3.05) is 13.2 Å². The molecule has 18 heavy (non-hydrogen) atoms. The standard InChI is InChI=1S/C13H11NO4/c1-2-7-14-12(16)9-18-13(17)11-5-3-10(8-15)4-6-11/h1,3-6,8H,7,9H2,(H,14,16). The van der Waals surface area contributed by atoms with Crippen LogP contribution in [0.4, 0.5) is 0 Å². The summed E-state index contributed by atoms with van der Waals surface area (Å²) in [5.41, 5.74) is 0.726. The van der Waals surface area contributed by atoms with Crippen LogP contribution in [0.15, 0.2) is 24.3 Å². The van der Waals surface area contributed by atoms with E-state index in [1.165, 1.54) is 24.3 Å². The fourth-order valence-electron chi connectivity index (χ4n) is 1.11. The summed E-state index contributed by atoms with van der Waals surface area (Å²) in [7, 11) is 0. The molecule has 5 heteroatoms. The maximum absolute atomic E-state index is 11.5. The van der Waals surface area contributed by atoms with E-state index in [4.69, 9.17) is 11.2 Å². The van der Waals surface area contributed by atoms with Gasteiger partial charge in [-0.1, -0.05) is 18.1 Å². The van der Waals surface area contributed by atoms with Crippen LogP contribution in [0.2, 0.25) is 0 Å². The number of terminal acetylenes is 1. The highest BCUT2D eigenvalue weighted by molar-refractivity contribution is 5.92. The third-order valence-electron chi connectivity index (χ3n) is 2.00. The van der Waals surface area contributed by atoms with Crippen LogP contribution in [0.1, 0.15) is 20.7 Å². The predicted octanol–water partition coefficient (Wildman–Crippen LogP) is 0.405. The van der Waals surface area contributed by atoms with E-state index in [0.29, 0.717) is 11.8 Å². The Kier molecular flexibility index (Phi) is 5.13. The molecule has 5 nitrogen and oxygen atoms in total. The summed E-state index contributed by atoms with van der Waals surface area (Å²) in [5.74, 6) is 1.12. The summed E-state index contributed by atoms with van der Waals surface area (Å²) in [6.45, 7) is -0.305. The maximum atomic E-state index is 11.5. The van der Waals surface area contributed by atoms with Crippen molar-refractivity contribution in [3.63, 3.8) is 0 Å². The van der Waals surface area contributed by atoms with Crippen molar-refractivity contribution in [2.24, 2.45) is 0 Å². The molecule has 0 bridgehead atoms. The molecule has 1 N–H and O–H groups in total. The molecule has 92 valence electrons. The number of aldehydes is 1. The van der Waals surface area contributed by atoms with Crippen LogP contribution in [0, 0.1) is 12.3 Å². The number of rotatable bonds is 5. The van der Waals surface area contributed by atoms with Crippen LogP contribution in [-0.4, -0.2) is 31.3 Å². The van der Waals surface area contributed by atoms with Gasteiger partial charge < -0.3 is 10.1 Å². The van der Waals surface area contributed by atoms with Crippen molar-refractivity contribution < 1.29 is 19.1 Å². The molecule has 1 amide bonds. The van der Waals surface area contributed by atoms with Gasteiger partial charge in [0.1, 0.15) is 6.29 Å². The van der Waals surface area contributed by atoms with Gasteiger partial charge in [-0.25, -0.2) is 4.79 Å². The molecule has 0 saturated carbocycles. The molecule has 0 aliphatic rings. The summed E-state index contributed by atoms with van der Waals surface area (Å²) in [6, 6.07) is 5.88. The summed E-state index contributed by atoms with van der Waals surface area (Å²) >= 11 is 0. The Morgan fingerprint density at radius 1 is 1.33 bits per heavy atom. The van der Waals surface area contributed by atoms with Crippen molar-refractivity contribution >= 4 is 18.2 Å². The molecule has 1 aromatic carbocycles. The fraction of sp³-hybridized carbons (Fsp3) is 0.154. The lowest BCUT2D eigenvalue weighted by atomic mass is 10.1. The van der Waals surface area contributed by atoms with Crippen LogP contribution >= 0.6 is 0 Å². The second kappa shape index (κ2) is 6.86. The molecule has 0 spiro atoms. The Morgan fingerprint density at radius 3 is 2.56 bits per heavy atom. The highest BCUT2D eigenvalue weighted by Gasteiger charge is 2.09. The van der Waals surface area contributed by atoms with Crippen LogP contribution in [0.25, 0.3) is 0 Å². The van der Waals surface area contributed by atoms with E-state index in [0.717, 1.165) is 0 Å². The van der Waals surface area contributed by atoms with Gasteiger partial charge in [0, 0.05) is 5.56 Å². The summed E-state index contributed by atoms with van der Waals surface area (Å²) in [6.07, 6.45) is 5.62. The first-order valence-electron chi connectivity index (χ1n) is 5.10. The van der Waals surface area contributed by atoms with E-state index in [1.54, 1.807) is 0 Å². The zero-order valence-corrected chi connectivity index (χ0v) is 9.51. The van der Waals surface area contributed by atoms with Crippen LogP contribution in [-0.2, 0) is 9.53 Å². The molecule has 0 aromatic heterocycles. The molecule has 0 unspecified atom stereocenters. The average molecular weight is 245 g/mol. The lowest BCUT2D eigenvalue weighted by Gasteiger charge is -2.04. The first kappa shape index (κ1) is 13.5. The minimum absolute atomic E-state index is 0.0877. The largest absolute Gasteiger partial charge is 0.452 e. The number of hydrogen-bond donors (Lipinski definition) is 1. The first-order chi connectivity index (χ1) is 8.67. The predicted molar refractivity (Wildman–Crippen MR) is 64.0 cm³/mol. The summed E-state index contributed by atoms with van der Waals surface area (Å²) in [5, 5.41) is 2.36. The number of benzene rings is 1. The third-order valence-corrected chi connectivity index (χ3v) is 2.00. The second-order valence-electron chi connectivity index (χ2n) is 3.30. The molecule has 0 aliphatic carbocycles. The van der Waals surface area contributed by atoms with Gasteiger partial charge >= 0.3 is 5.97 Å². The van der Waals surface area contributed by atoms with Crippen LogP contribution in [0.5, 0.6) is 0 Å². The minimum atomic E-state index is -0.636. The van der Waals surface area contributed by atoms with Crippen molar-refractivity contribution in [3.8, 4) is 12.3 Å². The summed E-state index contributed by atoms with van der Waals surface area (Å²) < 4.78 is 4.75. The van der Waals surface area contributed by atoms with Gasteiger partial charge in [0.05, 0.1) is 12.1 Å². The molecule has 0 radical (unpaired) electrons. The Balaban J connectivity index is 2.47. The van der Waals surface area contributed by atoms with Crippen molar-refractivity contribution in [3.05, 3.63) is 35.4 Å². The molecular formula is C13H11NO4. The zero-order chi connectivity index (χ0) is 13.4. The van der Waals surface area contributed by atoms with E-state index in [9.17, 15) is 14.4 Å². The van der Waals surface area contributed by atoms with E-state index >= 15 is 0 Å². The number of hydrogen-bond acceptors (Lipinski definition) is 4. The number of carbonyl (C=O) groups excluding carboxylic acids is 3. The molecule has 1 aromatic rings. The minimum Gasteiger partial charge on any atom is -0.452 e. The van der Waals surface area contributed by atoms with Gasteiger partial charge in [0.2, 0.25) is 0 Å². The maximum Gasteiger partial charge on any atom is 0.338 e. The number of esters is 1. The van der Waals surface area contributed by atoms with E-state index in [2.05, 4.69) is 11.2 Å². The smallest absolute Gasteiger partial charge is 0.338 e. The Labute approximate surface area is 104 Å². The van der Waals surface area contributed by atoms with Crippen molar-refractivity contribution in [1.82, 2.24) is 5.32 Å². The number of nitrogens with one attached hydrogen (secondary N) is 1. The Bertz CT molecular complexity index is 485. The zero-order valence-electron chi connectivity index (χ0n) is 9.51. The molecule has 0 fully saturated rings. The topological polar surface area (TPSA) is 72.5 Å². The van der Waals surface area contributed by atoms with Gasteiger partial charge in [-0.3, -0.25) is 9.59 Å². The Hall–Kier alpha value is -2.61. The fourth-order valence-corrected chi connectivity index (χ4v) is 1.11. The van der Waals surface area contributed by atoms with Crippen molar-refractivity contribution in [2.45, 2.75) is 0 Å². The molecule has 0 heterocycles. The quantitative estimate of drug-likeness (QED) is 0.463. The van der Waals surface area contributed by atoms with Crippen LogP contribution in [0.3, 0.4) is 0 Å². The van der Waals surface area contributed by atoms with E-state index in [1.807, 2.05) is 0 Å². The highest BCUT2D eigenvalue weighted by atomic mass is 16.5. The lowest BCUT2D eigenvalue weighted by Crippen LogP contribution is -2.28. The number of carbonyl (C=O) groups is 3. The highest BCUT2D eigenvalue weighted by Crippen LogP contribution is 2.04. The van der Waals surface area contributed by atoms with E-state index < -0.39 is 18.5 Å². The van der Waals surface area contributed by atoms with Crippen molar-refractivity contribution in [1.29, 1.82) is 0 Å². The molecule has 0 saturated heterocycles. The average Bonchev–Trinajstić information content (AvgIpc) is 2.42. The number of ether oxygens (including phenoxy) is 1. The van der Waals surface area contributed by atoms with E-state index in [-0.39, 0.29) is 12.1 Å². The second-order valence-corrected chi connectivity index (χ2v) is 3.30. The SMILES string of the molecule is C#CCNC(=O)COC(=O)c1ccc(C=O)cc1. The monoisotopic (exact) mass is 245 g/mol. The van der Waals surface area contributed by atoms with Gasteiger partial charge in [0.25, 0.3) is 5.91 Å². The van der Waals surface area contributed by atoms with Gasteiger partial charge in [-0.05, 0) is 12.1 Å². The normalized spacial score (nSPS) is 9.06. The molecule has 0 aliphatic heterocycles. The van der Waals surface area contributed by atoms with Gasteiger partial charge in [0.15, 0.2) is 6.61 Å². The third kappa shape index (κ3) is 4.10. The lowest BCUT2D eigenvalue weighted by molar-refractivity contribution is -0.123. The number of amides is 1. The molecule has 0 atom stereocenters.